The van der Waals surface area contributed by atoms with E-state index in [0.29, 0.717) is 53.3 Å². The highest BCUT2D eigenvalue weighted by Crippen LogP contribution is 2.31. The predicted octanol–water partition coefficient (Wildman–Crippen LogP) is 5.94. The van der Waals surface area contributed by atoms with Crippen molar-refractivity contribution in [2.75, 3.05) is 36.4 Å². The molecule has 2 N–H and O–H groups in total. The number of carbonyl (C=O) groups excluding carboxylic acids is 2. The zero-order chi connectivity index (χ0) is 26.6. The summed E-state index contributed by atoms with van der Waals surface area (Å²) in [4.78, 5) is 29.1. The van der Waals surface area contributed by atoms with Crippen LogP contribution in [0.25, 0.3) is 11.3 Å². The summed E-state index contributed by atoms with van der Waals surface area (Å²) in [5, 5.41) is 6.68. The highest BCUT2D eigenvalue weighted by Gasteiger charge is 2.24. The van der Waals surface area contributed by atoms with Crippen molar-refractivity contribution in [3.63, 3.8) is 0 Å². The summed E-state index contributed by atoms with van der Waals surface area (Å²) in [5.74, 6) is 0.310. The molecule has 5 rings (SSSR count). The molecule has 1 aliphatic heterocycles. The van der Waals surface area contributed by atoms with Crippen LogP contribution in [0.2, 0.25) is 10.0 Å². The van der Waals surface area contributed by atoms with E-state index >= 15 is 0 Å². The van der Waals surface area contributed by atoms with E-state index in [9.17, 15) is 9.59 Å². The predicted molar refractivity (Wildman–Crippen MR) is 151 cm³/mol. The normalized spacial score (nSPS) is 13.3. The summed E-state index contributed by atoms with van der Waals surface area (Å²) in [5.41, 5.74) is 2.37. The molecular formula is C27H22Cl2N4O4S. The fourth-order valence-electron chi connectivity index (χ4n) is 4.10. The molecule has 2 aromatic heterocycles. The van der Waals surface area contributed by atoms with Crippen LogP contribution in [-0.2, 0) is 0 Å². The molecule has 0 saturated carbocycles. The van der Waals surface area contributed by atoms with E-state index in [1.165, 1.54) is 6.26 Å². The first-order valence-electron chi connectivity index (χ1n) is 11.7. The molecule has 11 heteroatoms. The smallest absolute Gasteiger partial charge is 0.293 e. The van der Waals surface area contributed by atoms with Crippen molar-refractivity contribution in [2.24, 2.45) is 0 Å². The van der Waals surface area contributed by atoms with Gasteiger partial charge in [-0.05, 0) is 78.9 Å². The van der Waals surface area contributed by atoms with Crippen LogP contribution >= 0.6 is 35.4 Å². The number of anilines is 2. The van der Waals surface area contributed by atoms with Gasteiger partial charge >= 0.3 is 0 Å². The van der Waals surface area contributed by atoms with Crippen molar-refractivity contribution in [2.45, 2.75) is 0 Å². The third kappa shape index (κ3) is 5.85. The molecule has 1 fully saturated rings. The zero-order valence-corrected chi connectivity index (χ0v) is 22.3. The second kappa shape index (κ2) is 11.3. The molecule has 2 amide bonds. The maximum Gasteiger partial charge on any atom is 0.293 e. The Morgan fingerprint density at radius 1 is 0.895 bits per heavy atom. The average Bonchev–Trinajstić information content (AvgIpc) is 3.62. The number of hydrogen-bond acceptors (Lipinski definition) is 6. The van der Waals surface area contributed by atoms with E-state index in [4.69, 9.17) is 44.3 Å². The molecule has 0 aliphatic carbocycles. The van der Waals surface area contributed by atoms with E-state index in [1.54, 1.807) is 47.4 Å². The number of thiocarbonyl (C=S) groups is 1. The molecule has 38 heavy (non-hydrogen) atoms. The van der Waals surface area contributed by atoms with Crippen molar-refractivity contribution < 1.29 is 18.4 Å². The van der Waals surface area contributed by atoms with E-state index in [2.05, 4.69) is 15.5 Å². The van der Waals surface area contributed by atoms with E-state index < -0.39 is 5.91 Å². The molecule has 3 heterocycles. The molecule has 4 aromatic rings. The molecule has 0 spiro atoms. The van der Waals surface area contributed by atoms with Gasteiger partial charge in [-0.1, -0.05) is 23.2 Å². The SMILES string of the molecule is O=C(NC(=S)Nc1ccc(N2CCN(C(=O)c3ccco3)CC2)cc1)c1ccc(-c2ccc(Cl)cc2Cl)o1. The maximum absolute atomic E-state index is 12.6. The van der Waals surface area contributed by atoms with Crippen LogP contribution in [0, 0.1) is 0 Å². The van der Waals surface area contributed by atoms with E-state index in [-0.39, 0.29) is 16.8 Å². The summed E-state index contributed by atoms with van der Waals surface area (Å²) in [7, 11) is 0. The van der Waals surface area contributed by atoms with E-state index in [1.807, 2.05) is 24.3 Å². The molecule has 8 nitrogen and oxygen atoms in total. The van der Waals surface area contributed by atoms with Gasteiger partial charge in [-0.25, -0.2) is 0 Å². The fourth-order valence-corrected chi connectivity index (χ4v) is 4.81. The van der Waals surface area contributed by atoms with Gasteiger partial charge in [0.2, 0.25) is 0 Å². The first-order valence-corrected chi connectivity index (χ1v) is 12.9. The Bertz CT molecular complexity index is 1460. The van der Waals surface area contributed by atoms with Crippen molar-refractivity contribution in [1.29, 1.82) is 0 Å². The van der Waals surface area contributed by atoms with Crippen molar-refractivity contribution >= 4 is 63.7 Å². The van der Waals surface area contributed by atoms with Crippen LogP contribution in [0.15, 0.2) is 81.8 Å². The highest BCUT2D eigenvalue weighted by atomic mass is 35.5. The van der Waals surface area contributed by atoms with Gasteiger partial charge in [-0.15, -0.1) is 0 Å². The molecule has 0 bridgehead atoms. The summed E-state index contributed by atoms with van der Waals surface area (Å²) in [6, 6.07) is 19.3. The van der Waals surface area contributed by atoms with Gasteiger partial charge in [0.25, 0.3) is 11.8 Å². The van der Waals surface area contributed by atoms with Crippen LogP contribution in [-0.4, -0.2) is 48.0 Å². The highest BCUT2D eigenvalue weighted by molar-refractivity contribution is 7.80. The standard InChI is InChI=1S/C27H22Cl2N4O4S/c28-17-3-8-20(21(29)16-17)22-9-10-23(37-22)25(34)31-27(38)30-18-4-6-19(7-5-18)32-11-13-33(14-12-32)26(35)24-2-1-15-36-24/h1-10,15-16H,11-14H2,(H2,30,31,34,38). The number of nitrogens with zero attached hydrogens (tertiary/aromatic N) is 2. The Balaban J connectivity index is 1.13. The number of nitrogens with one attached hydrogen (secondary N) is 2. The molecule has 1 saturated heterocycles. The van der Waals surface area contributed by atoms with Crippen LogP contribution in [0.3, 0.4) is 0 Å². The van der Waals surface area contributed by atoms with Crippen molar-refractivity contribution in [3.05, 3.63) is 94.6 Å². The van der Waals surface area contributed by atoms with Gasteiger partial charge in [0, 0.05) is 48.1 Å². The minimum atomic E-state index is -0.488. The van der Waals surface area contributed by atoms with Crippen molar-refractivity contribution in [3.8, 4) is 11.3 Å². The van der Waals surface area contributed by atoms with Crippen LogP contribution in [0.1, 0.15) is 21.1 Å². The Morgan fingerprint density at radius 3 is 2.34 bits per heavy atom. The van der Waals surface area contributed by atoms with Crippen LogP contribution < -0.4 is 15.5 Å². The summed E-state index contributed by atoms with van der Waals surface area (Å²) in [6.07, 6.45) is 1.50. The second-order valence-corrected chi connectivity index (χ2v) is 9.75. The molecule has 1 aliphatic rings. The lowest BCUT2D eigenvalue weighted by Gasteiger charge is -2.35. The molecule has 194 valence electrons. The number of carbonyl (C=O) groups is 2. The maximum atomic E-state index is 12.6. The van der Waals surface area contributed by atoms with Crippen LogP contribution in [0.5, 0.6) is 0 Å². The summed E-state index contributed by atoms with van der Waals surface area (Å²) < 4.78 is 10.9. The monoisotopic (exact) mass is 568 g/mol. The second-order valence-electron chi connectivity index (χ2n) is 8.50. The quantitative estimate of drug-likeness (QED) is 0.288. The van der Waals surface area contributed by atoms with Gasteiger partial charge in [0.15, 0.2) is 16.6 Å². The fraction of sp³-hybridized carbons (Fsp3) is 0.148. The van der Waals surface area contributed by atoms with Gasteiger partial charge in [-0.2, -0.15) is 0 Å². The first kappa shape index (κ1) is 25.8. The Morgan fingerprint density at radius 2 is 1.66 bits per heavy atom. The van der Waals surface area contributed by atoms with Gasteiger partial charge < -0.3 is 24.0 Å². The van der Waals surface area contributed by atoms with Gasteiger partial charge in [0.05, 0.1) is 11.3 Å². The lowest BCUT2D eigenvalue weighted by Crippen LogP contribution is -2.48. The lowest BCUT2D eigenvalue weighted by molar-refractivity contribution is 0.0714. The lowest BCUT2D eigenvalue weighted by atomic mass is 10.2. The molecule has 2 aromatic carbocycles. The molecule has 0 atom stereocenters. The minimum absolute atomic E-state index is 0.0928. The Labute approximate surface area is 234 Å². The third-order valence-corrected chi connectivity index (χ3v) is 6.79. The van der Waals surface area contributed by atoms with Crippen molar-refractivity contribution in [1.82, 2.24) is 10.2 Å². The van der Waals surface area contributed by atoms with Gasteiger partial charge in [0.1, 0.15) is 5.76 Å². The zero-order valence-electron chi connectivity index (χ0n) is 19.9. The van der Waals surface area contributed by atoms with E-state index in [0.717, 1.165) is 11.4 Å². The number of hydrogen-bond donors (Lipinski definition) is 2. The number of benzene rings is 2. The topological polar surface area (TPSA) is 91.0 Å². The number of furan rings is 2. The van der Waals surface area contributed by atoms with Gasteiger partial charge in [-0.3, -0.25) is 14.9 Å². The summed E-state index contributed by atoms with van der Waals surface area (Å²) >= 11 is 17.5. The molecule has 0 unspecified atom stereocenters. The first-order chi connectivity index (χ1) is 18.4. The Kier molecular flexibility index (Phi) is 7.69. The molecule has 0 radical (unpaired) electrons. The molecular weight excluding hydrogens is 547 g/mol. The number of rotatable bonds is 5. The summed E-state index contributed by atoms with van der Waals surface area (Å²) in [6.45, 7) is 2.63. The average molecular weight is 569 g/mol. The number of amides is 2. The number of halogens is 2. The third-order valence-electron chi connectivity index (χ3n) is 6.04. The Hall–Kier alpha value is -3.79. The minimum Gasteiger partial charge on any atom is -0.459 e. The van der Waals surface area contributed by atoms with Crippen LogP contribution in [0.4, 0.5) is 11.4 Å². The largest absolute Gasteiger partial charge is 0.459 e. The number of piperazine rings is 1.